The second-order valence-corrected chi connectivity index (χ2v) is 21.7. The molecule has 0 spiro atoms. The van der Waals surface area contributed by atoms with E-state index in [4.69, 9.17) is 44.4 Å². The summed E-state index contributed by atoms with van der Waals surface area (Å²) in [6.45, 7) is 13.8. The van der Waals surface area contributed by atoms with Crippen molar-refractivity contribution in [2.24, 2.45) is 0 Å². The fraction of sp³-hybridized carbons (Fsp3) is 0.375. The van der Waals surface area contributed by atoms with Gasteiger partial charge in [-0.1, -0.05) is 142 Å². The Morgan fingerprint density at radius 1 is 0.614 bits per heavy atom. The Morgan fingerprint density at radius 2 is 1.16 bits per heavy atom. The van der Waals surface area contributed by atoms with Gasteiger partial charge < -0.3 is 32.8 Å². The molecule has 7 rings (SSSR count). The second kappa shape index (κ2) is 18.7. The van der Waals surface area contributed by atoms with Gasteiger partial charge in [0.2, 0.25) is 0 Å². The SMILES string of the molecule is CC(C)(C)[Si](C)(C)OC[C@H]1OC(c2ccc(Cl)c(Cc3ccc4c(c3)OCCO4)c2)[C@H](OCc2ccccc2)[C@@H](OCc2ccccc2)[C@@H]1OCc1ccccc1. The van der Waals surface area contributed by atoms with Crippen molar-refractivity contribution in [3.05, 3.63) is 166 Å². The minimum absolute atomic E-state index is 0.00489. The zero-order valence-corrected chi connectivity index (χ0v) is 35.5. The molecule has 1 saturated heterocycles. The summed E-state index contributed by atoms with van der Waals surface area (Å²) in [4.78, 5) is 0. The zero-order chi connectivity index (χ0) is 39.8. The number of fused-ring (bicyclic) bond motifs is 1. The Morgan fingerprint density at radius 3 is 1.74 bits per heavy atom. The molecule has 1 unspecified atom stereocenters. The average Bonchev–Trinajstić information content (AvgIpc) is 3.22. The largest absolute Gasteiger partial charge is 0.486 e. The lowest BCUT2D eigenvalue weighted by Crippen LogP contribution is -2.59. The molecule has 0 amide bonds. The molecule has 5 aromatic rings. The highest BCUT2D eigenvalue weighted by Gasteiger charge is 2.50. The molecule has 2 aliphatic rings. The fourth-order valence-electron chi connectivity index (χ4n) is 7.02. The maximum absolute atomic E-state index is 7.27. The van der Waals surface area contributed by atoms with Crippen LogP contribution < -0.4 is 9.47 Å². The number of rotatable bonds is 15. The van der Waals surface area contributed by atoms with Crippen LogP contribution in [0.25, 0.3) is 0 Å². The van der Waals surface area contributed by atoms with Gasteiger partial charge in [0.05, 0.1) is 26.4 Å². The second-order valence-electron chi connectivity index (χ2n) is 16.5. The van der Waals surface area contributed by atoms with E-state index in [9.17, 15) is 0 Å². The van der Waals surface area contributed by atoms with Crippen molar-refractivity contribution in [3.63, 3.8) is 0 Å². The number of hydrogen-bond acceptors (Lipinski definition) is 7. The van der Waals surface area contributed by atoms with Crippen LogP contribution in [0.5, 0.6) is 11.5 Å². The van der Waals surface area contributed by atoms with Crippen LogP contribution in [0, 0.1) is 0 Å². The van der Waals surface area contributed by atoms with Crippen LogP contribution in [0.1, 0.15) is 60.3 Å². The van der Waals surface area contributed by atoms with Crippen LogP contribution in [-0.2, 0) is 49.6 Å². The summed E-state index contributed by atoms with van der Waals surface area (Å²) in [6, 6.07) is 42.9. The predicted octanol–water partition coefficient (Wildman–Crippen LogP) is 10.9. The first-order valence-electron chi connectivity index (χ1n) is 20.0. The van der Waals surface area contributed by atoms with E-state index in [1.807, 2.05) is 78.9 Å². The summed E-state index contributed by atoms with van der Waals surface area (Å²) in [5.41, 5.74) is 6.16. The van der Waals surface area contributed by atoms with Gasteiger partial charge in [-0.15, -0.1) is 0 Å². The van der Waals surface area contributed by atoms with E-state index in [1.54, 1.807) is 0 Å². The maximum atomic E-state index is 7.27. The van der Waals surface area contributed by atoms with Crippen LogP contribution >= 0.6 is 11.6 Å². The topological polar surface area (TPSA) is 64.6 Å². The number of hydrogen-bond donors (Lipinski definition) is 0. The zero-order valence-electron chi connectivity index (χ0n) is 33.7. The van der Waals surface area contributed by atoms with Crippen molar-refractivity contribution in [1.29, 1.82) is 0 Å². The van der Waals surface area contributed by atoms with Crippen molar-refractivity contribution in [2.75, 3.05) is 19.8 Å². The molecule has 57 heavy (non-hydrogen) atoms. The van der Waals surface area contributed by atoms with E-state index >= 15 is 0 Å². The van der Waals surface area contributed by atoms with E-state index in [0.29, 0.717) is 51.1 Å². The Labute approximate surface area is 344 Å². The molecule has 9 heteroatoms. The highest BCUT2D eigenvalue weighted by molar-refractivity contribution is 6.74. The van der Waals surface area contributed by atoms with Crippen molar-refractivity contribution >= 4 is 19.9 Å². The molecule has 0 bridgehead atoms. The minimum atomic E-state index is -2.19. The molecule has 0 aliphatic carbocycles. The van der Waals surface area contributed by atoms with Gasteiger partial charge in [-0.25, -0.2) is 0 Å². The molecular formula is C48H55ClO7Si. The summed E-state index contributed by atoms with van der Waals surface area (Å²) in [7, 11) is -2.19. The van der Waals surface area contributed by atoms with Gasteiger partial charge in [0, 0.05) is 5.02 Å². The lowest BCUT2D eigenvalue weighted by atomic mass is 9.89. The normalized spacial score (nSPS) is 21.0. The van der Waals surface area contributed by atoms with Crippen LogP contribution in [0.3, 0.4) is 0 Å². The van der Waals surface area contributed by atoms with Crippen molar-refractivity contribution < 1.29 is 32.8 Å². The minimum Gasteiger partial charge on any atom is -0.486 e. The van der Waals surface area contributed by atoms with Gasteiger partial charge >= 0.3 is 0 Å². The first kappa shape index (κ1) is 41.2. The Bertz CT molecular complexity index is 2020. The molecule has 0 N–H and O–H groups in total. The lowest BCUT2D eigenvalue weighted by molar-refractivity contribution is -0.271. The molecule has 1 fully saturated rings. The van der Waals surface area contributed by atoms with E-state index < -0.39 is 38.8 Å². The Balaban J connectivity index is 1.28. The fourth-order valence-corrected chi connectivity index (χ4v) is 8.22. The third-order valence-corrected chi connectivity index (χ3v) is 16.2. The van der Waals surface area contributed by atoms with Gasteiger partial charge in [0.25, 0.3) is 0 Å². The van der Waals surface area contributed by atoms with Crippen LogP contribution in [-0.4, -0.2) is 52.6 Å². The average molecular weight is 808 g/mol. The highest BCUT2D eigenvalue weighted by Crippen LogP contribution is 2.42. The van der Waals surface area contributed by atoms with E-state index in [1.165, 1.54) is 0 Å². The molecule has 300 valence electrons. The summed E-state index contributed by atoms with van der Waals surface area (Å²) in [5.74, 6) is 1.51. The maximum Gasteiger partial charge on any atom is 0.192 e. The monoisotopic (exact) mass is 806 g/mol. The molecule has 7 nitrogen and oxygen atoms in total. The van der Waals surface area contributed by atoms with Gasteiger partial charge in [-0.3, -0.25) is 0 Å². The Kier molecular flexibility index (Phi) is 13.5. The standard InChI is InChI=1S/C48H55ClO7Si/c1-48(2,3)57(4,5)55-33-43-45(52-30-34-15-9-6-10-16-34)47(54-32-36-19-13-8-14-20-36)46(53-31-35-17-11-7-12-18-35)44(56-43)38-22-23-40(49)39(29-38)27-37-21-24-41-42(28-37)51-26-25-50-41/h6-24,28-29,43-47H,25-27,30-33H2,1-5H3/t43-,44?,45-,46+,47+/m1/s1. The molecule has 0 radical (unpaired) electrons. The van der Waals surface area contributed by atoms with Gasteiger partial charge in [-0.05, 0) is 76.1 Å². The van der Waals surface area contributed by atoms with Gasteiger partial charge in [0.15, 0.2) is 19.8 Å². The Hall–Kier alpha value is -3.99. The van der Waals surface area contributed by atoms with Gasteiger partial charge in [-0.2, -0.15) is 0 Å². The van der Waals surface area contributed by atoms with Crippen LogP contribution in [0.15, 0.2) is 127 Å². The third kappa shape index (κ3) is 10.6. The summed E-state index contributed by atoms with van der Waals surface area (Å²) >= 11 is 6.96. The molecule has 5 aromatic carbocycles. The molecule has 0 saturated carbocycles. The molecule has 2 heterocycles. The van der Waals surface area contributed by atoms with E-state index in [-0.39, 0.29) is 5.04 Å². The van der Waals surface area contributed by atoms with E-state index in [2.05, 4.69) is 82.4 Å². The number of halogens is 1. The quantitative estimate of drug-likeness (QED) is 0.0976. The summed E-state index contributed by atoms with van der Waals surface area (Å²) < 4.78 is 46.8. The summed E-state index contributed by atoms with van der Waals surface area (Å²) in [6.07, 6.45) is -2.00. The van der Waals surface area contributed by atoms with Crippen molar-refractivity contribution in [1.82, 2.24) is 0 Å². The van der Waals surface area contributed by atoms with Crippen molar-refractivity contribution in [3.8, 4) is 11.5 Å². The molecule has 2 aliphatic heterocycles. The smallest absolute Gasteiger partial charge is 0.192 e. The van der Waals surface area contributed by atoms with Gasteiger partial charge in [0.1, 0.15) is 43.7 Å². The van der Waals surface area contributed by atoms with Crippen LogP contribution in [0.2, 0.25) is 23.2 Å². The van der Waals surface area contributed by atoms with Crippen molar-refractivity contribution in [2.45, 2.75) is 95.7 Å². The van der Waals surface area contributed by atoms with Crippen LogP contribution in [0.4, 0.5) is 0 Å². The first-order chi connectivity index (χ1) is 27.5. The van der Waals surface area contributed by atoms with E-state index in [0.717, 1.165) is 44.9 Å². The molecule has 0 aromatic heterocycles. The molecular weight excluding hydrogens is 752 g/mol. The number of ether oxygens (including phenoxy) is 6. The number of benzene rings is 5. The first-order valence-corrected chi connectivity index (χ1v) is 23.3. The third-order valence-electron chi connectivity index (χ3n) is 11.3. The highest BCUT2D eigenvalue weighted by atomic mass is 35.5. The molecule has 5 atom stereocenters. The lowest BCUT2D eigenvalue weighted by Gasteiger charge is -2.47. The predicted molar refractivity (Wildman–Crippen MR) is 228 cm³/mol. The summed E-state index contributed by atoms with van der Waals surface area (Å²) in [5, 5.41) is 0.676.